The van der Waals surface area contributed by atoms with E-state index in [0.717, 1.165) is 23.3 Å². The molecule has 6 heteroatoms. The Morgan fingerprint density at radius 1 is 1.23 bits per heavy atom. The molecule has 0 fully saturated rings. The lowest BCUT2D eigenvalue weighted by molar-refractivity contribution is 0.356. The van der Waals surface area contributed by atoms with E-state index in [2.05, 4.69) is 4.72 Å². The average molecular weight is 338 g/mol. The highest BCUT2D eigenvalue weighted by molar-refractivity contribution is 7.89. The van der Waals surface area contributed by atoms with E-state index in [9.17, 15) is 8.42 Å². The standard InChI is InChI=1S/C16H16ClNO3S/c1-11(14-4-2-3-5-15(14)17)18-22(19,20)13-6-7-16-12(10-13)8-9-21-16/h2-7,10-11,18H,8-9H2,1H3. The van der Waals surface area contributed by atoms with E-state index >= 15 is 0 Å². The molecule has 0 bridgehead atoms. The smallest absolute Gasteiger partial charge is 0.241 e. The molecule has 0 amide bonds. The summed E-state index contributed by atoms with van der Waals surface area (Å²) in [7, 11) is -3.61. The molecule has 116 valence electrons. The van der Waals surface area contributed by atoms with Gasteiger partial charge in [0.1, 0.15) is 5.75 Å². The van der Waals surface area contributed by atoms with E-state index in [-0.39, 0.29) is 4.90 Å². The molecule has 0 radical (unpaired) electrons. The summed E-state index contributed by atoms with van der Waals surface area (Å²) in [5.41, 5.74) is 1.67. The van der Waals surface area contributed by atoms with Crippen molar-refractivity contribution in [1.29, 1.82) is 0 Å². The van der Waals surface area contributed by atoms with Gasteiger partial charge in [-0.25, -0.2) is 13.1 Å². The molecule has 0 saturated carbocycles. The van der Waals surface area contributed by atoms with Crippen molar-refractivity contribution in [3.8, 4) is 5.75 Å². The van der Waals surface area contributed by atoms with E-state index in [1.165, 1.54) is 0 Å². The highest BCUT2D eigenvalue weighted by atomic mass is 35.5. The zero-order chi connectivity index (χ0) is 15.7. The Morgan fingerprint density at radius 2 is 2.00 bits per heavy atom. The van der Waals surface area contributed by atoms with E-state index < -0.39 is 16.1 Å². The van der Waals surface area contributed by atoms with Gasteiger partial charge in [-0.05, 0) is 42.3 Å². The van der Waals surface area contributed by atoms with Crippen molar-refractivity contribution in [2.45, 2.75) is 24.3 Å². The first-order valence-corrected chi connectivity index (χ1v) is 8.86. The number of nitrogens with one attached hydrogen (secondary N) is 1. The van der Waals surface area contributed by atoms with Gasteiger partial charge in [0.25, 0.3) is 0 Å². The number of benzene rings is 2. The predicted molar refractivity (Wildman–Crippen MR) is 85.8 cm³/mol. The van der Waals surface area contributed by atoms with Crippen molar-refractivity contribution in [3.05, 3.63) is 58.6 Å². The average Bonchev–Trinajstić information content (AvgIpc) is 2.94. The van der Waals surface area contributed by atoms with Gasteiger partial charge < -0.3 is 4.74 Å². The number of fused-ring (bicyclic) bond motifs is 1. The van der Waals surface area contributed by atoms with Crippen LogP contribution in [0.1, 0.15) is 24.1 Å². The van der Waals surface area contributed by atoms with Crippen molar-refractivity contribution < 1.29 is 13.2 Å². The van der Waals surface area contributed by atoms with E-state index in [0.29, 0.717) is 11.6 Å². The predicted octanol–water partition coefficient (Wildman–Crippen LogP) is 3.31. The van der Waals surface area contributed by atoms with E-state index in [4.69, 9.17) is 16.3 Å². The van der Waals surface area contributed by atoms with Gasteiger partial charge in [-0.15, -0.1) is 0 Å². The minimum absolute atomic E-state index is 0.246. The lowest BCUT2D eigenvalue weighted by Crippen LogP contribution is -2.27. The van der Waals surface area contributed by atoms with Gasteiger partial charge in [0, 0.05) is 17.5 Å². The summed E-state index contributed by atoms with van der Waals surface area (Å²) in [6, 6.07) is 11.7. The molecule has 22 heavy (non-hydrogen) atoms. The SMILES string of the molecule is CC(NS(=O)(=O)c1ccc2c(c1)CCO2)c1ccccc1Cl. The van der Waals surface area contributed by atoms with Crippen LogP contribution in [0.3, 0.4) is 0 Å². The zero-order valence-electron chi connectivity index (χ0n) is 12.0. The van der Waals surface area contributed by atoms with Crippen LogP contribution in [0.5, 0.6) is 5.75 Å². The summed E-state index contributed by atoms with van der Waals surface area (Å²) in [5.74, 6) is 0.762. The number of hydrogen-bond acceptors (Lipinski definition) is 3. The van der Waals surface area contributed by atoms with Gasteiger partial charge in [-0.3, -0.25) is 0 Å². The van der Waals surface area contributed by atoms with Crippen LogP contribution in [-0.4, -0.2) is 15.0 Å². The maximum Gasteiger partial charge on any atom is 0.241 e. The summed E-state index contributed by atoms with van der Waals surface area (Å²) in [6.07, 6.45) is 0.735. The summed E-state index contributed by atoms with van der Waals surface area (Å²) < 4.78 is 33.1. The molecule has 1 atom stereocenters. The third-order valence-electron chi connectivity index (χ3n) is 3.67. The Balaban J connectivity index is 1.86. The Morgan fingerprint density at radius 3 is 2.77 bits per heavy atom. The van der Waals surface area contributed by atoms with Crippen LogP contribution < -0.4 is 9.46 Å². The number of sulfonamides is 1. The summed E-state index contributed by atoms with van der Waals surface area (Å²) >= 11 is 6.12. The Kier molecular flexibility index (Phi) is 4.12. The molecule has 0 saturated heterocycles. The van der Waals surface area contributed by atoms with Crippen molar-refractivity contribution in [2.24, 2.45) is 0 Å². The highest BCUT2D eigenvalue weighted by Gasteiger charge is 2.22. The van der Waals surface area contributed by atoms with Crippen LogP contribution >= 0.6 is 11.6 Å². The minimum atomic E-state index is -3.61. The minimum Gasteiger partial charge on any atom is -0.493 e. The molecule has 1 unspecified atom stereocenters. The molecular formula is C16H16ClNO3S. The van der Waals surface area contributed by atoms with Gasteiger partial charge in [-0.1, -0.05) is 29.8 Å². The third kappa shape index (κ3) is 2.97. The molecule has 0 aliphatic carbocycles. The van der Waals surface area contributed by atoms with Crippen LogP contribution in [0.25, 0.3) is 0 Å². The molecule has 1 heterocycles. The normalized spacial score (nSPS) is 15.2. The van der Waals surface area contributed by atoms with Crippen molar-refractivity contribution in [3.63, 3.8) is 0 Å². The molecular weight excluding hydrogens is 322 g/mol. The topological polar surface area (TPSA) is 55.4 Å². The van der Waals surface area contributed by atoms with Gasteiger partial charge in [0.15, 0.2) is 0 Å². The summed E-state index contributed by atoms with van der Waals surface area (Å²) in [6.45, 7) is 2.37. The fraction of sp³-hybridized carbons (Fsp3) is 0.250. The Labute approximate surface area is 135 Å². The first-order valence-electron chi connectivity index (χ1n) is 7.00. The molecule has 1 N–H and O–H groups in total. The number of halogens is 1. The molecule has 3 rings (SSSR count). The molecule has 1 aliphatic rings. The van der Waals surface area contributed by atoms with Crippen LogP contribution in [0.4, 0.5) is 0 Å². The fourth-order valence-corrected chi connectivity index (χ4v) is 4.09. The molecule has 0 spiro atoms. The van der Waals surface area contributed by atoms with Crippen molar-refractivity contribution in [1.82, 2.24) is 4.72 Å². The molecule has 0 aromatic heterocycles. The second-order valence-electron chi connectivity index (χ2n) is 5.23. The zero-order valence-corrected chi connectivity index (χ0v) is 13.6. The molecule has 2 aromatic rings. The second kappa shape index (κ2) is 5.91. The summed E-state index contributed by atoms with van der Waals surface area (Å²) in [4.78, 5) is 0.246. The van der Waals surface area contributed by atoms with Crippen LogP contribution in [0.15, 0.2) is 47.4 Å². The van der Waals surface area contributed by atoms with Crippen molar-refractivity contribution in [2.75, 3.05) is 6.61 Å². The Hall–Kier alpha value is -1.56. The quantitative estimate of drug-likeness (QED) is 0.931. The largest absolute Gasteiger partial charge is 0.493 e. The first kappa shape index (κ1) is 15.3. The maximum atomic E-state index is 12.5. The van der Waals surface area contributed by atoms with Crippen LogP contribution in [0, 0.1) is 0 Å². The number of rotatable bonds is 4. The van der Waals surface area contributed by atoms with Crippen LogP contribution in [-0.2, 0) is 16.4 Å². The van der Waals surface area contributed by atoms with E-state index in [1.54, 1.807) is 31.2 Å². The van der Waals surface area contributed by atoms with Gasteiger partial charge >= 0.3 is 0 Å². The van der Waals surface area contributed by atoms with Gasteiger partial charge in [0.05, 0.1) is 11.5 Å². The number of ether oxygens (including phenoxy) is 1. The van der Waals surface area contributed by atoms with E-state index in [1.807, 2.05) is 18.2 Å². The van der Waals surface area contributed by atoms with Gasteiger partial charge in [0.2, 0.25) is 10.0 Å². The highest BCUT2D eigenvalue weighted by Crippen LogP contribution is 2.29. The lowest BCUT2D eigenvalue weighted by Gasteiger charge is -2.16. The Bertz CT molecular complexity index is 805. The fourth-order valence-electron chi connectivity index (χ4n) is 2.52. The second-order valence-corrected chi connectivity index (χ2v) is 7.35. The monoisotopic (exact) mass is 337 g/mol. The molecule has 4 nitrogen and oxygen atoms in total. The van der Waals surface area contributed by atoms with Gasteiger partial charge in [-0.2, -0.15) is 0 Å². The third-order valence-corrected chi connectivity index (χ3v) is 5.56. The number of hydrogen-bond donors (Lipinski definition) is 1. The lowest BCUT2D eigenvalue weighted by atomic mass is 10.1. The maximum absolute atomic E-state index is 12.5. The van der Waals surface area contributed by atoms with Crippen molar-refractivity contribution >= 4 is 21.6 Å². The molecule has 1 aliphatic heterocycles. The van der Waals surface area contributed by atoms with Crippen LogP contribution in [0.2, 0.25) is 5.02 Å². The summed E-state index contributed by atoms with van der Waals surface area (Å²) in [5, 5.41) is 0.542. The molecule has 2 aromatic carbocycles. The first-order chi connectivity index (χ1) is 10.5.